The van der Waals surface area contributed by atoms with Crippen molar-refractivity contribution in [1.29, 1.82) is 0 Å². The third-order valence-corrected chi connectivity index (χ3v) is 2.15. The number of nitrogens with zero attached hydrogens (tertiary/aromatic N) is 1. The van der Waals surface area contributed by atoms with Crippen LogP contribution in [-0.2, 0) is 9.53 Å². The van der Waals surface area contributed by atoms with E-state index in [1.165, 1.54) is 7.11 Å². The van der Waals surface area contributed by atoms with Crippen LogP contribution in [0.3, 0.4) is 0 Å². The van der Waals surface area contributed by atoms with Gasteiger partial charge in [0.25, 0.3) is 0 Å². The summed E-state index contributed by atoms with van der Waals surface area (Å²) in [5.74, 6) is -0.317. The lowest BCUT2D eigenvalue weighted by molar-refractivity contribution is -0.421. The number of hydrogen-bond donors (Lipinski definition) is 1. The van der Waals surface area contributed by atoms with Crippen LogP contribution in [0.5, 0.6) is 5.75 Å². The summed E-state index contributed by atoms with van der Waals surface area (Å²) in [6, 6.07) is 6.70. The average Bonchev–Trinajstić information content (AvgIpc) is 2.39. The van der Waals surface area contributed by atoms with E-state index >= 15 is 0 Å². The van der Waals surface area contributed by atoms with Crippen LogP contribution in [0.15, 0.2) is 36.2 Å². The molecule has 1 aromatic rings. The van der Waals surface area contributed by atoms with E-state index < -0.39 is 16.6 Å². The zero-order valence-corrected chi connectivity index (χ0v) is 10.6. The molecule has 0 heterocycles. The first-order valence-electron chi connectivity index (χ1n) is 5.50. The summed E-state index contributed by atoms with van der Waals surface area (Å²) in [6.45, 7) is 1.65. The number of rotatable bonds is 6. The molecule has 1 aromatic carbocycles. The SMILES string of the molecule is CCOC(=O)C(=CNc1ccc(OC)cc1)[N+](=O)[O-]. The van der Waals surface area contributed by atoms with Crippen LogP contribution in [0.25, 0.3) is 0 Å². The Morgan fingerprint density at radius 3 is 2.53 bits per heavy atom. The topological polar surface area (TPSA) is 90.7 Å². The largest absolute Gasteiger partial charge is 0.497 e. The van der Waals surface area contributed by atoms with Gasteiger partial charge in [0.2, 0.25) is 0 Å². The molecule has 1 rings (SSSR count). The van der Waals surface area contributed by atoms with Crippen LogP contribution in [0, 0.1) is 10.1 Å². The second-order valence-electron chi connectivity index (χ2n) is 3.38. The van der Waals surface area contributed by atoms with E-state index in [0.717, 1.165) is 6.20 Å². The highest BCUT2D eigenvalue weighted by molar-refractivity contribution is 5.86. The van der Waals surface area contributed by atoms with Crippen molar-refractivity contribution in [2.24, 2.45) is 0 Å². The molecular weight excluding hydrogens is 252 g/mol. The standard InChI is InChI=1S/C12H14N2O5/c1-3-19-12(15)11(14(16)17)8-13-9-4-6-10(18-2)7-5-9/h4-8,13H,3H2,1-2H3. The molecule has 19 heavy (non-hydrogen) atoms. The van der Waals surface area contributed by atoms with Crippen molar-refractivity contribution in [3.63, 3.8) is 0 Å². The fourth-order valence-electron chi connectivity index (χ4n) is 1.23. The molecule has 0 aromatic heterocycles. The summed E-state index contributed by atoms with van der Waals surface area (Å²) in [7, 11) is 1.54. The summed E-state index contributed by atoms with van der Waals surface area (Å²) in [5, 5.41) is 13.4. The molecule has 0 radical (unpaired) electrons. The molecule has 7 heteroatoms. The van der Waals surface area contributed by atoms with E-state index in [2.05, 4.69) is 10.1 Å². The maximum Gasteiger partial charge on any atom is 0.411 e. The number of carbonyl (C=O) groups is 1. The van der Waals surface area contributed by atoms with Crippen molar-refractivity contribution < 1.29 is 19.2 Å². The second kappa shape index (κ2) is 7.00. The van der Waals surface area contributed by atoms with Gasteiger partial charge in [-0.2, -0.15) is 0 Å². The molecule has 0 spiro atoms. The number of ether oxygens (including phenoxy) is 2. The summed E-state index contributed by atoms with van der Waals surface area (Å²) in [6.07, 6.45) is 1.000. The van der Waals surface area contributed by atoms with Gasteiger partial charge in [-0.3, -0.25) is 10.1 Å². The van der Waals surface area contributed by atoms with E-state index in [-0.39, 0.29) is 6.61 Å². The van der Waals surface area contributed by atoms with Crippen molar-refractivity contribution >= 4 is 11.7 Å². The van der Waals surface area contributed by atoms with Gasteiger partial charge < -0.3 is 14.8 Å². The van der Waals surface area contributed by atoms with Gasteiger partial charge in [0, 0.05) is 5.69 Å². The minimum absolute atomic E-state index is 0.0759. The van der Waals surface area contributed by atoms with Crippen molar-refractivity contribution in [2.75, 3.05) is 19.0 Å². The molecule has 0 saturated carbocycles. The lowest BCUT2D eigenvalue weighted by atomic mass is 10.3. The minimum Gasteiger partial charge on any atom is -0.497 e. The van der Waals surface area contributed by atoms with E-state index in [1.54, 1.807) is 31.2 Å². The summed E-state index contributed by atoms with van der Waals surface area (Å²) < 4.78 is 9.56. The fourth-order valence-corrected chi connectivity index (χ4v) is 1.23. The highest BCUT2D eigenvalue weighted by Crippen LogP contribution is 2.15. The number of methoxy groups -OCH3 is 1. The number of benzene rings is 1. The maximum absolute atomic E-state index is 11.3. The quantitative estimate of drug-likeness (QED) is 0.365. The Hall–Kier alpha value is -2.57. The molecule has 0 bridgehead atoms. The van der Waals surface area contributed by atoms with Crippen LogP contribution in [0.2, 0.25) is 0 Å². The lowest BCUT2D eigenvalue weighted by Gasteiger charge is -2.03. The molecule has 0 aliphatic rings. The Balaban J connectivity index is 2.79. The van der Waals surface area contributed by atoms with Gasteiger partial charge in [-0.1, -0.05) is 0 Å². The summed E-state index contributed by atoms with van der Waals surface area (Å²) >= 11 is 0. The molecule has 0 saturated heterocycles. The molecule has 0 aliphatic heterocycles. The number of nitro groups is 1. The molecule has 0 unspecified atom stereocenters. The van der Waals surface area contributed by atoms with Crippen LogP contribution in [0.4, 0.5) is 5.69 Å². The number of nitrogens with one attached hydrogen (secondary N) is 1. The Labute approximate surface area is 110 Å². The third kappa shape index (κ3) is 4.30. The van der Waals surface area contributed by atoms with Crippen molar-refractivity contribution in [3.8, 4) is 5.75 Å². The Bertz CT molecular complexity index is 481. The summed E-state index contributed by atoms with van der Waals surface area (Å²) in [4.78, 5) is 21.2. The van der Waals surface area contributed by atoms with Gasteiger partial charge in [0.1, 0.15) is 5.75 Å². The van der Waals surface area contributed by atoms with Gasteiger partial charge in [-0.15, -0.1) is 0 Å². The smallest absolute Gasteiger partial charge is 0.411 e. The molecule has 0 atom stereocenters. The van der Waals surface area contributed by atoms with E-state index in [0.29, 0.717) is 11.4 Å². The molecular formula is C12H14N2O5. The molecule has 0 fully saturated rings. The fraction of sp³-hybridized carbons (Fsp3) is 0.250. The highest BCUT2D eigenvalue weighted by atomic mass is 16.6. The average molecular weight is 266 g/mol. The first kappa shape index (κ1) is 14.5. The predicted molar refractivity (Wildman–Crippen MR) is 68.3 cm³/mol. The van der Waals surface area contributed by atoms with Gasteiger partial charge in [-0.05, 0) is 31.2 Å². The van der Waals surface area contributed by atoms with Gasteiger partial charge >= 0.3 is 11.7 Å². The predicted octanol–water partition coefficient (Wildman–Crippen LogP) is 1.79. The second-order valence-corrected chi connectivity index (χ2v) is 3.38. The number of anilines is 1. The number of hydrogen-bond acceptors (Lipinski definition) is 6. The van der Waals surface area contributed by atoms with Crippen molar-refractivity contribution in [1.82, 2.24) is 0 Å². The van der Waals surface area contributed by atoms with Gasteiger partial charge in [0.05, 0.1) is 24.8 Å². The van der Waals surface area contributed by atoms with Gasteiger partial charge in [0.15, 0.2) is 0 Å². The highest BCUT2D eigenvalue weighted by Gasteiger charge is 2.23. The third-order valence-electron chi connectivity index (χ3n) is 2.15. The first-order valence-corrected chi connectivity index (χ1v) is 5.50. The summed E-state index contributed by atoms with van der Waals surface area (Å²) in [5.41, 5.74) is -0.0675. The monoisotopic (exact) mass is 266 g/mol. The Morgan fingerprint density at radius 1 is 1.42 bits per heavy atom. The van der Waals surface area contributed by atoms with E-state index in [1.807, 2.05) is 0 Å². The molecule has 102 valence electrons. The number of carbonyl (C=O) groups excluding carboxylic acids is 1. The lowest BCUT2D eigenvalue weighted by Crippen LogP contribution is -2.16. The molecule has 7 nitrogen and oxygen atoms in total. The zero-order valence-electron chi connectivity index (χ0n) is 10.6. The molecule has 1 N–H and O–H groups in total. The van der Waals surface area contributed by atoms with E-state index in [4.69, 9.17) is 4.74 Å². The number of esters is 1. The minimum atomic E-state index is -0.978. The van der Waals surface area contributed by atoms with Crippen LogP contribution in [0.1, 0.15) is 6.92 Å². The van der Waals surface area contributed by atoms with Crippen molar-refractivity contribution in [3.05, 3.63) is 46.3 Å². The maximum atomic E-state index is 11.3. The van der Waals surface area contributed by atoms with Crippen LogP contribution < -0.4 is 10.1 Å². The molecule has 0 aliphatic carbocycles. The molecule has 0 amide bonds. The normalized spacial score (nSPS) is 10.7. The Morgan fingerprint density at radius 2 is 2.05 bits per heavy atom. The van der Waals surface area contributed by atoms with Crippen LogP contribution in [-0.4, -0.2) is 24.6 Å². The van der Waals surface area contributed by atoms with Crippen molar-refractivity contribution in [2.45, 2.75) is 6.92 Å². The first-order chi connectivity index (χ1) is 9.08. The van der Waals surface area contributed by atoms with Crippen LogP contribution >= 0.6 is 0 Å². The van der Waals surface area contributed by atoms with E-state index in [9.17, 15) is 14.9 Å². The Kier molecular flexibility index (Phi) is 5.34. The van der Waals surface area contributed by atoms with Gasteiger partial charge in [-0.25, -0.2) is 4.79 Å². The zero-order chi connectivity index (χ0) is 14.3.